The first-order valence-corrected chi connectivity index (χ1v) is 5.28. The summed E-state index contributed by atoms with van der Waals surface area (Å²) in [7, 11) is 0. The Kier molecular flexibility index (Phi) is 2.60. The molecule has 0 heterocycles. The summed E-state index contributed by atoms with van der Waals surface area (Å²) < 4.78 is 13.3. The first-order valence-electron chi connectivity index (χ1n) is 4.48. The number of hydrogen-bond acceptors (Lipinski definition) is 3. The van der Waals surface area contributed by atoms with Crippen LogP contribution in [0.2, 0.25) is 0 Å². The predicted molar refractivity (Wildman–Crippen MR) is 57.4 cm³/mol. The molecule has 1 aromatic carbocycles. The summed E-state index contributed by atoms with van der Waals surface area (Å²) in [5, 5.41) is 13.7. The highest BCUT2D eigenvalue weighted by molar-refractivity contribution is 9.10. The zero-order chi connectivity index (χ0) is 11.0. The monoisotopic (exact) mass is 274 g/mol. The van der Waals surface area contributed by atoms with E-state index in [1.54, 1.807) is 0 Å². The minimum absolute atomic E-state index is 0.102. The summed E-state index contributed by atoms with van der Waals surface area (Å²) >= 11 is 3.01. The van der Waals surface area contributed by atoms with E-state index in [2.05, 4.69) is 21.2 Å². The molecule has 0 amide bonds. The zero-order valence-electron chi connectivity index (χ0n) is 7.67. The van der Waals surface area contributed by atoms with Crippen LogP contribution in [0.25, 0.3) is 0 Å². The number of nitro benzene ring substituents is 1. The van der Waals surface area contributed by atoms with Gasteiger partial charge in [-0.3, -0.25) is 10.1 Å². The molecule has 0 bridgehead atoms. The normalized spacial score (nSPS) is 15.1. The van der Waals surface area contributed by atoms with Crippen LogP contribution in [0.4, 0.5) is 15.8 Å². The Bertz CT molecular complexity index is 421. The number of nitro groups is 1. The summed E-state index contributed by atoms with van der Waals surface area (Å²) in [6, 6.07) is 2.49. The Morgan fingerprint density at radius 1 is 1.53 bits per heavy atom. The van der Waals surface area contributed by atoms with E-state index in [0.29, 0.717) is 0 Å². The Hall–Kier alpha value is -1.17. The van der Waals surface area contributed by atoms with Gasteiger partial charge in [0.2, 0.25) is 0 Å². The lowest BCUT2D eigenvalue weighted by Gasteiger charge is -2.08. The Morgan fingerprint density at radius 2 is 2.20 bits per heavy atom. The number of benzene rings is 1. The average Bonchev–Trinajstić information content (AvgIpc) is 2.96. The second-order valence-corrected chi connectivity index (χ2v) is 4.22. The van der Waals surface area contributed by atoms with Crippen molar-refractivity contribution in [2.45, 2.75) is 18.9 Å². The molecule has 80 valence electrons. The fraction of sp³-hybridized carbons (Fsp3) is 0.333. The number of anilines is 1. The molecule has 2 rings (SSSR count). The van der Waals surface area contributed by atoms with E-state index in [0.717, 1.165) is 18.9 Å². The molecule has 0 aliphatic heterocycles. The molecule has 1 aromatic rings. The second kappa shape index (κ2) is 3.77. The van der Waals surface area contributed by atoms with E-state index in [1.807, 2.05) is 0 Å². The van der Waals surface area contributed by atoms with Crippen molar-refractivity contribution in [1.82, 2.24) is 0 Å². The van der Waals surface area contributed by atoms with Crippen LogP contribution in [0.3, 0.4) is 0 Å². The van der Waals surface area contributed by atoms with Gasteiger partial charge in [0, 0.05) is 12.1 Å². The van der Waals surface area contributed by atoms with Crippen LogP contribution in [0, 0.1) is 15.9 Å². The van der Waals surface area contributed by atoms with E-state index >= 15 is 0 Å². The second-order valence-electron chi connectivity index (χ2n) is 3.43. The van der Waals surface area contributed by atoms with Gasteiger partial charge in [-0.2, -0.15) is 0 Å². The van der Waals surface area contributed by atoms with E-state index in [9.17, 15) is 14.5 Å². The molecule has 0 radical (unpaired) electrons. The van der Waals surface area contributed by atoms with Crippen LogP contribution in [0.1, 0.15) is 12.8 Å². The summed E-state index contributed by atoms with van der Waals surface area (Å²) in [6.45, 7) is 0. The van der Waals surface area contributed by atoms with Crippen molar-refractivity contribution in [2.75, 3.05) is 5.32 Å². The molecule has 15 heavy (non-hydrogen) atoms. The predicted octanol–water partition coefficient (Wildman–Crippen LogP) is 3.07. The molecule has 0 aromatic heterocycles. The number of nitrogens with zero attached hydrogens (tertiary/aromatic N) is 1. The van der Waals surface area contributed by atoms with Gasteiger partial charge in [0.1, 0.15) is 11.5 Å². The van der Waals surface area contributed by atoms with Gasteiger partial charge >= 0.3 is 0 Å². The fourth-order valence-electron chi connectivity index (χ4n) is 1.26. The highest BCUT2D eigenvalue weighted by Crippen LogP contribution is 2.37. The van der Waals surface area contributed by atoms with E-state index in [1.165, 1.54) is 6.07 Å². The Labute approximate surface area is 93.8 Å². The van der Waals surface area contributed by atoms with Gasteiger partial charge in [0.15, 0.2) is 0 Å². The quantitative estimate of drug-likeness (QED) is 0.681. The molecule has 1 fully saturated rings. The fourth-order valence-corrected chi connectivity index (χ4v) is 1.71. The number of nitrogens with one attached hydrogen (secondary N) is 1. The van der Waals surface area contributed by atoms with Crippen molar-refractivity contribution in [1.29, 1.82) is 0 Å². The van der Waals surface area contributed by atoms with Gasteiger partial charge < -0.3 is 5.32 Å². The lowest BCUT2D eigenvalue weighted by molar-refractivity contribution is -0.384. The van der Waals surface area contributed by atoms with Crippen LogP contribution >= 0.6 is 15.9 Å². The van der Waals surface area contributed by atoms with Crippen LogP contribution in [-0.4, -0.2) is 11.0 Å². The SMILES string of the molecule is O=[N+]([O-])c1ccc(F)c(Br)c1NC1CC1. The van der Waals surface area contributed by atoms with Gasteiger partial charge in [-0.05, 0) is 34.8 Å². The zero-order valence-corrected chi connectivity index (χ0v) is 9.25. The third-order valence-corrected chi connectivity index (χ3v) is 2.97. The third-order valence-electron chi connectivity index (χ3n) is 2.20. The lowest BCUT2D eigenvalue weighted by Crippen LogP contribution is -2.05. The Morgan fingerprint density at radius 3 is 2.73 bits per heavy atom. The maximum atomic E-state index is 13.2. The van der Waals surface area contributed by atoms with Gasteiger partial charge in [-0.15, -0.1) is 0 Å². The first kappa shape index (κ1) is 10.4. The van der Waals surface area contributed by atoms with Gasteiger partial charge in [-0.1, -0.05) is 0 Å². The Balaban J connectivity index is 2.44. The topological polar surface area (TPSA) is 55.2 Å². The average molecular weight is 275 g/mol. The molecular formula is C9H8BrFN2O2. The molecule has 0 spiro atoms. The van der Waals surface area contributed by atoms with Crippen LogP contribution in [-0.2, 0) is 0 Å². The van der Waals surface area contributed by atoms with E-state index in [4.69, 9.17) is 0 Å². The van der Waals surface area contributed by atoms with Crippen molar-refractivity contribution in [3.63, 3.8) is 0 Å². The van der Waals surface area contributed by atoms with Gasteiger partial charge in [0.25, 0.3) is 5.69 Å². The third kappa shape index (κ3) is 2.09. The minimum atomic E-state index is -0.519. The van der Waals surface area contributed by atoms with Crippen molar-refractivity contribution in [2.24, 2.45) is 0 Å². The lowest BCUT2D eigenvalue weighted by atomic mass is 10.2. The van der Waals surface area contributed by atoms with Crippen molar-refractivity contribution in [3.8, 4) is 0 Å². The highest BCUT2D eigenvalue weighted by atomic mass is 79.9. The molecule has 1 aliphatic carbocycles. The molecule has 1 saturated carbocycles. The van der Waals surface area contributed by atoms with Gasteiger partial charge in [0.05, 0.1) is 9.40 Å². The summed E-state index contributed by atoms with van der Waals surface area (Å²) in [5.74, 6) is -0.497. The molecule has 0 unspecified atom stereocenters. The van der Waals surface area contributed by atoms with E-state index < -0.39 is 10.7 Å². The van der Waals surface area contributed by atoms with Crippen LogP contribution in [0.15, 0.2) is 16.6 Å². The summed E-state index contributed by atoms with van der Waals surface area (Å²) in [5.41, 5.74) is 0.137. The molecular weight excluding hydrogens is 267 g/mol. The first-order chi connectivity index (χ1) is 7.09. The van der Waals surface area contributed by atoms with Crippen LogP contribution in [0.5, 0.6) is 0 Å². The smallest absolute Gasteiger partial charge is 0.293 e. The molecule has 6 heteroatoms. The number of halogens is 2. The van der Waals surface area contributed by atoms with Gasteiger partial charge in [-0.25, -0.2) is 4.39 Å². The summed E-state index contributed by atoms with van der Waals surface area (Å²) in [4.78, 5) is 10.2. The summed E-state index contributed by atoms with van der Waals surface area (Å²) in [6.07, 6.45) is 1.94. The van der Waals surface area contributed by atoms with Crippen molar-refractivity contribution in [3.05, 3.63) is 32.5 Å². The minimum Gasteiger partial charge on any atom is -0.376 e. The standard InChI is InChI=1S/C9H8BrFN2O2/c10-8-6(11)3-4-7(13(14)15)9(8)12-5-1-2-5/h3-5,12H,1-2H2. The van der Waals surface area contributed by atoms with E-state index in [-0.39, 0.29) is 21.9 Å². The van der Waals surface area contributed by atoms with Crippen molar-refractivity contribution >= 4 is 27.3 Å². The number of hydrogen-bond donors (Lipinski definition) is 1. The van der Waals surface area contributed by atoms with Crippen LogP contribution < -0.4 is 5.32 Å². The number of rotatable bonds is 3. The van der Waals surface area contributed by atoms with Crippen molar-refractivity contribution < 1.29 is 9.31 Å². The molecule has 0 atom stereocenters. The highest BCUT2D eigenvalue weighted by Gasteiger charge is 2.27. The largest absolute Gasteiger partial charge is 0.376 e. The maximum Gasteiger partial charge on any atom is 0.293 e. The molecule has 1 N–H and O–H groups in total. The molecule has 4 nitrogen and oxygen atoms in total. The molecule has 1 aliphatic rings. The maximum absolute atomic E-state index is 13.2. The molecule has 0 saturated heterocycles.